The molecule has 0 aliphatic carbocycles. The molecule has 8 nitrogen and oxygen atoms in total. The number of hydrogen-bond acceptors (Lipinski definition) is 7. The van der Waals surface area contributed by atoms with Crippen LogP contribution in [0.25, 0.3) is 17.3 Å². The van der Waals surface area contributed by atoms with Gasteiger partial charge in [-0.25, -0.2) is 4.98 Å². The van der Waals surface area contributed by atoms with Crippen molar-refractivity contribution >= 4 is 57.7 Å². The highest BCUT2D eigenvalue weighted by molar-refractivity contribution is 8.00. The van der Waals surface area contributed by atoms with Gasteiger partial charge in [0.25, 0.3) is 11.8 Å². The quantitative estimate of drug-likeness (QED) is 0.101. The molecule has 1 heterocycles. The Bertz CT molecular complexity index is 1890. The summed E-state index contributed by atoms with van der Waals surface area (Å²) in [5.41, 5.74) is 4.70. The van der Waals surface area contributed by atoms with E-state index in [-0.39, 0.29) is 17.4 Å². The fourth-order valence-electron chi connectivity index (χ4n) is 4.44. The molecular formula is C36H32N4O4S2. The van der Waals surface area contributed by atoms with E-state index in [0.29, 0.717) is 27.7 Å². The van der Waals surface area contributed by atoms with Crippen LogP contribution in [0.5, 0.6) is 5.75 Å². The third-order valence-electron chi connectivity index (χ3n) is 6.76. The average Bonchev–Trinajstić information content (AvgIpc) is 3.43. The Hall–Kier alpha value is -5.19. The molecule has 0 aliphatic heterocycles. The van der Waals surface area contributed by atoms with Crippen molar-refractivity contribution in [1.82, 2.24) is 10.3 Å². The number of ether oxygens (including phenoxy) is 1. The zero-order chi connectivity index (χ0) is 32.5. The molecule has 0 saturated heterocycles. The Labute approximate surface area is 275 Å². The number of aromatic nitrogens is 1. The number of aryl methyl sites for hydroxylation is 2. The molecule has 0 fully saturated rings. The third-order valence-corrected chi connectivity index (χ3v) is 8.64. The average molecular weight is 649 g/mol. The molecule has 0 saturated carbocycles. The highest BCUT2D eigenvalue weighted by atomic mass is 32.2. The van der Waals surface area contributed by atoms with Crippen LogP contribution in [0.3, 0.4) is 0 Å². The van der Waals surface area contributed by atoms with Gasteiger partial charge >= 0.3 is 0 Å². The maximum Gasteiger partial charge on any atom is 0.272 e. The van der Waals surface area contributed by atoms with Gasteiger partial charge in [-0.05, 0) is 68.0 Å². The number of benzene rings is 4. The van der Waals surface area contributed by atoms with Gasteiger partial charge in [0.1, 0.15) is 11.4 Å². The van der Waals surface area contributed by atoms with Crippen LogP contribution in [0.4, 0.5) is 10.8 Å². The maximum absolute atomic E-state index is 13.5. The van der Waals surface area contributed by atoms with E-state index in [4.69, 9.17) is 4.74 Å². The van der Waals surface area contributed by atoms with E-state index in [9.17, 15) is 14.4 Å². The molecule has 1 aromatic heterocycles. The molecule has 0 radical (unpaired) electrons. The van der Waals surface area contributed by atoms with Crippen LogP contribution < -0.4 is 20.7 Å². The summed E-state index contributed by atoms with van der Waals surface area (Å²) < 4.78 is 5.31. The van der Waals surface area contributed by atoms with Gasteiger partial charge in [-0.2, -0.15) is 0 Å². The number of nitrogens with zero attached hydrogens (tertiary/aromatic N) is 1. The smallest absolute Gasteiger partial charge is 0.272 e. The monoisotopic (exact) mass is 648 g/mol. The second-order valence-corrected chi connectivity index (χ2v) is 12.5. The van der Waals surface area contributed by atoms with Gasteiger partial charge in [0, 0.05) is 26.6 Å². The molecule has 0 bridgehead atoms. The largest absolute Gasteiger partial charge is 0.497 e. The van der Waals surface area contributed by atoms with Gasteiger partial charge in [0.15, 0.2) is 5.13 Å². The fourth-order valence-corrected chi connectivity index (χ4v) is 6.04. The molecule has 4 aromatic carbocycles. The predicted octanol–water partition coefficient (Wildman–Crippen LogP) is 7.58. The highest BCUT2D eigenvalue weighted by Crippen LogP contribution is 2.31. The van der Waals surface area contributed by atoms with Crippen molar-refractivity contribution in [2.75, 3.05) is 23.5 Å². The maximum atomic E-state index is 13.5. The van der Waals surface area contributed by atoms with Crippen LogP contribution in [-0.4, -0.2) is 35.6 Å². The second kappa shape index (κ2) is 15.2. The Balaban J connectivity index is 1.24. The minimum Gasteiger partial charge on any atom is -0.497 e. The number of thiazole rings is 1. The van der Waals surface area contributed by atoms with Crippen molar-refractivity contribution in [1.29, 1.82) is 0 Å². The second-order valence-electron chi connectivity index (χ2n) is 10.3. The van der Waals surface area contributed by atoms with E-state index in [1.54, 1.807) is 73.8 Å². The van der Waals surface area contributed by atoms with Gasteiger partial charge in [0.2, 0.25) is 5.91 Å². The van der Waals surface area contributed by atoms with Gasteiger partial charge < -0.3 is 20.7 Å². The third kappa shape index (κ3) is 8.71. The molecule has 3 N–H and O–H groups in total. The number of nitrogens with one attached hydrogen (secondary N) is 3. The van der Waals surface area contributed by atoms with E-state index in [1.165, 1.54) is 28.7 Å². The number of carbonyl (C=O) groups is 3. The fraction of sp³-hybridized carbons (Fsp3) is 0.111. The zero-order valence-electron chi connectivity index (χ0n) is 25.5. The lowest BCUT2D eigenvalue weighted by Gasteiger charge is -2.12. The summed E-state index contributed by atoms with van der Waals surface area (Å²) in [6.45, 7) is 4.02. The summed E-state index contributed by atoms with van der Waals surface area (Å²) in [5, 5.41) is 9.06. The summed E-state index contributed by atoms with van der Waals surface area (Å²) in [7, 11) is 1.56. The summed E-state index contributed by atoms with van der Waals surface area (Å²) in [5.74, 6) is -0.328. The van der Waals surface area contributed by atoms with Crippen molar-refractivity contribution in [3.05, 3.63) is 130 Å². The lowest BCUT2D eigenvalue weighted by atomic mass is 10.1. The first-order valence-electron chi connectivity index (χ1n) is 14.4. The van der Waals surface area contributed by atoms with E-state index in [1.807, 2.05) is 56.3 Å². The molecule has 3 amide bonds. The number of methoxy groups -OCH3 is 1. The van der Waals surface area contributed by atoms with Crippen LogP contribution >= 0.6 is 23.1 Å². The molecule has 0 spiro atoms. The Morgan fingerprint density at radius 3 is 2.39 bits per heavy atom. The highest BCUT2D eigenvalue weighted by Gasteiger charge is 2.16. The summed E-state index contributed by atoms with van der Waals surface area (Å²) in [4.78, 5) is 45.7. The van der Waals surface area contributed by atoms with Crippen LogP contribution in [0.2, 0.25) is 0 Å². The Kier molecular flexibility index (Phi) is 10.6. The number of rotatable bonds is 11. The van der Waals surface area contributed by atoms with Crippen LogP contribution in [0, 0.1) is 13.8 Å². The summed E-state index contributed by atoms with van der Waals surface area (Å²) >= 11 is 2.77. The van der Waals surface area contributed by atoms with Crippen molar-refractivity contribution in [2.24, 2.45) is 0 Å². The SMILES string of the molecule is COc1cccc(/C=C(\NC(=O)c2ccccc2)C(=O)Nc2cccc(SCC(=O)Nc3nc(-c4ccc(C)cc4)c(C)s3)c2)c1. The number of hydrogen-bond donors (Lipinski definition) is 3. The molecule has 5 aromatic rings. The molecule has 0 atom stereocenters. The molecule has 46 heavy (non-hydrogen) atoms. The molecule has 10 heteroatoms. The number of amides is 3. The van der Waals surface area contributed by atoms with Gasteiger partial charge in [-0.3, -0.25) is 14.4 Å². The van der Waals surface area contributed by atoms with Crippen molar-refractivity contribution in [2.45, 2.75) is 18.7 Å². The van der Waals surface area contributed by atoms with Crippen molar-refractivity contribution in [3.63, 3.8) is 0 Å². The standard InChI is InChI=1S/C36H32N4O4S2/c1-23-15-17-26(18-16-23)33-24(2)46-36(40-33)39-32(41)22-45-30-14-8-12-28(21-30)37-35(43)31(20-25-9-7-13-29(19-25)44-3)38-34(42)27-10-5-4-6-11-27/h4-21H,22H2,1-3H3,(H,37,43)(H,38,42)(H,39,40,41)/b31-20-. The van der Waals surface area contributed by atoms with E-state index in [0.717, 1.165) is 21.0 Å². The lowest BCUT2D eigenvalue weighted by Crippen LogP contribution is -2.30. The first kappa shape index (κ1) is 32.2. The molecule has 0 unspecified atom stereocenters. The van der Waals surface area contributed by atoms with E-state index in [2.05, 4.69) is 20.9 Å². The Morgan fingerprint density at radius 1 is 0.870 bits per heavy atom. The first-order valence-corrected chi connectivity index (χ1v) is 16.2. The van der Waals surface area contributed by atoms with Gasteiger partial charge in [-0.1, -0.05) is 66.2 Å². The summed E-state index contributed by atoms with van der Waals surface area (Å²) in [6.07, 6.45) is 1.59. The Morgan fingerprint density at radius 2 is 1.63 bits per heavy atom. The minimum atomic E-state index is -0.504. The minimum absolute atomic E-state index is 0.0586. The van der Waals surface area contributed by atoms with E-state index < -0.39 is 11.8 Å². The topological polar surface area (TPSA) is 109 Å². The predicted molar refractivity (Wildman–Crippen MR) is 186 cm³/mol. The van der Waals surface area contributed by atoms with Crippen LogP contribution in [0.15, 0.2) is 114 Å². The normalized spacial score (nSPS) is 11.1. The van der Waals surface area contributed by atoms with Gasteiger partial charge in [0.05, 0.1) is 18.6 Å². The summed E-state index contributed by atoms with van der Waals surface area (Å²) in [6, 6.07) is 31.1. The molecular weight excluding hydrogens is 617 g/mol. The molecule has 5 rings (SSSR count). The lowest BCUT2D eigenvalue weighted by molar-refractivity contribution is -0.114. The molecule has 232 valence electrons. The first-order chi connectivity index (χ1) is 22.3. The van der Waals surface area contributed by atoms with Crippen molar-refractivity contribution < 1.29 is 19.1 Å². The molecule has 0 aliphatic rings. The number of carbonyl (C=O) groups excluding carboxylic acids is 3. The van der Waals surface area contributed by atoms with Crippen molar-refractivity contribution in [3.8, 4) is 17.0 Å². The van der Waals surface area contributed by atoms with Crippen LogP contribution in [0.1, 0.15) is 26.4 Å². The number of anilines is 2. The van der Waals surface area contributed by atoms with Gasteiger partial charge in [-0.15, -0.1) is 23.1 Å². The number of thioether (sulfide) groups is 1. The zero-order valence-corrected chi connectivity index (χ0v) is 27.1. The van der Waals surface area contributed by atoms with Crippen LogP contribution in [-0.2, 0) is 9.59 Å². The van der Waals surface area contributed by atoms with E-state index >= 15 is 0 Å².